The van der Waals surface area contributed by atoms with Gasteiger partial charge in [-0.15, -0.1) is 0 Å². The van der Waals surface area contributed by atoms with E-state index in [0.717, 1.165) is 4.31 Å². The third-order valence-corrected chi connectivity index (χ3v) is 8.58. The minimum absolute atomic E-state index is 0.0266. The van der Waals surface area contributed by atoms with E-state index < -0.39 is 27.8 Å². The Kier molecular flexibility index (Phi) is 5.08. The zero-order valence-corrected chi connectivity index (χ0v) is 19.7. The molecule has 3 aromatic rings. The van der Waals surface area contributed by atoms with E-state index in [1.807, 2.05) is 0 Å². The number of halogens is 1. The maximum Gasteiger partial charge on any atom is 0.333 e. The second kappa shape index (κ2) is 7.72. The minimum atomic E-state index is -4.31. The molecule has 0 amide bonds. The second-order valence-corrected chi connectivity index (χ2v) is 10.2. The fourth-order valence-corrected chi connectivity index (χ4v) is 7.04. The van der Waals surface area contributed by atoms with Gasteiger partial charge >= 0.3 is 5.97 Å². The molecule has 0 aromatic heterocycles. The molecule has 2 heterocycles. The molecule has 0 aliphatic carbocycles. The highest BCUT2D eigenvalue weighted by Gasteiger charge is 2.64. The molecule has 1 N–H and O–H groups in total. The van der Waals surface area contributed by atoms with Crippen LogP contribution in [-0.2, 0) is 19.6 Å². The maximum absolute atomic E-state index is 14.1. The summed E-state index contributed by atoms with van der Waals surface area (Å²) in [5.41, 5.74) is -0.771. The van der Waals surface area contributed by atoms with Crippen molar-refractivity contribution >= 4 is 43.2 Å². The molecule has 1 spiro atoms. The molecule has 0 radical (unpaired) electrons. The molecular formula is C24H18BrNO6S. The average molecular weight is 528 g/mol. The number of nitrogens with zero attached hydrogens (tertiary/aromatic N) is 1. The Morgan fingerprint density at radius 3 is 2.55 bits per heavy atom. The number of sulfonamides is 1. The number of ether oxygens (including phenoxy) is 2. The maximum atomic E-state index is 14.1. The lowest BCUT2D eigenvalue weighted by Crippen LogP contribution is -2.53. The zero-order valence-electron chi connectivity index (χ0n) is 17.3. The first-order valence-electron chi connectivity index (χ1n) is 9.97. The van der Waals surface area contributed by atoms with E-state index in [2.05, 4.69) is 15.9 Å². The van der Waals surface area contributed by atoms with Gasteiger partial charge in [0, 0.05) is 21.7 Å². The Labute approximate surface area is 199 Å². The van der Waals surface area contributed by atoms with Crippen LogP contribution in [0.3, 0.4) is 0 Å². The van der Waals surface area contributed by atoms with E-state index in [1.54, 1.807) is 66.7 Å². The van der Waals surface area contributed by atoms with Gasteiger partial charge in [-0.2, -0.15) is 0 Å². The van der Waals surface area contributed by atoms with Gasteiger partial charge in [-0.05, 0) is 51.8 Å². The fourth-order valence-electron chi connectivity index (χ4n) is 4.36. The summed E-state index contributed by atoms with van der Waals surface area (Å²) in [4.78, 5) is 12.6. The highest BCUT2D eigenvalue weighted by atomic mass is 79.9. The average Bonchev–Trinajstić information content (AvgIpc) is 3.28. The minimum Gasteiger partial charge on any atom is -0.497 e. The van der Waals surface area contributed by atoms with Crippen molar-refractivity contribution in [1.29, 1.82) is 0 Å². The number of aliphatic hydroxyl groups is 1. The van der Waals surface area contributed by atoms with E-state index in [4.69, 9.17) is 9.47 Å². The molecule has 2 aliphatic rings. The summed E-state index contributed by atoms with van der Waals surface area (Å²) in [7, 11) is -2.81. The molecular weight excluding hydrogens is 510 g/mol. The smallest absolute Gasteiger partial charge is 0.333 e. The summed E-state index contributed by atoms with van der Waals surface area (Å²) >= 11 is 3.31. The predicted molar refractivity (Wildman–Crippen MR) is 125 cm³/mol. The van der Waals surface area contributed by atoms with Gasteiger partial charge in [0.1, 0.15) is 16.7 Å². The quantitative estimate of drug-likeness (QED) is 0.514. The van der Waals surface area contributed by atoms with Gasteiger partial charge < -0.3 is 14.6 Å². The van der Waals surface area contributed by atoms with Crippen LogP contribution in [0, 0.1) is 0 Å². The van der Waals surface area contributed by atoms with Gasteiger partial charge in [-0.1, -0.05) is 42.5 Å². The molecule has 0 unspecified atom stereocenters. The molecule has 9 heteroatoms. The number of fused-ring (bicyclic) bond motifs is 1. The van der Waals surface area contributed by atoms with Crippen molar-refractivity contribution in [2.45, 2.75) is 16.7 Å². The number of methoxy groups -OCH3 is 1. The molecule has 0 saturated heterocycles. The van der Waals surface area contributed by atoms with Gasteiger partial charge in [0.2, 0.25) is 0 Å². The summed E-state index contributed by atoms with van der Waals surface area (Å²) in [6.45, 7) is 0. The summed E-state index contributed by atoms with van der Waals surface area (Å²) < 4.78 is 40.5. The van der Waals surface area contributed by atoms with Crippen LogP contribution >= 0.6 is 15.9 Å². The number of aliphatic hydroxyl groups excluding tert-OH is 1. The molecule has 2 atom stereocenters. The molecule has 0 fully saturated rings. The standard InChI is InChI=1S/C24H18BrNO6S/c1-31-16-8-6-7-15(13-16)18-14-22(27)32-24(18)23(28)17-9-2-4-11-20(17)26(24)33(29,30)21-12-5-3-10-19(21)25/h2-14,23,28H,1H3/t23-,24-/m0/s1. The Bertz CT molecular complexity index is 1420. The third kappa shape index (κ3) is 3.11. The molecule has 33 heavy (non-hydrogen) atoms. The lowest BCUT2D eigenvalue weighted by molar-refractivity contribution is -0.151. The SMILES string of the molecule is COc1cccc(C2=CC(=O)O[C@]23[C@@H](O)c2ccccc2N3S(=O)(=O)c2ccccc2Br)c1. The molecule has 7 nitrogen and oxygen atoms in total. The van der Waals surface area contributed by atoms with Crippen molar-refractivity contribution in [3.05, 3.63) is 94.5 Å². The fraction of sp³-hybridized carbons (Fsp3) is 0.125. The first-order valence-corrected chi connectivity index (χ1v) is 12.2. The lowest BCUT2D eigenvalue weighted by Gasteiger charge is -2.38. The number of carbonyl (C=O) groups excluding carboxylic acids is 1. The number of anilines is 1. The van der Waals surface area contributed by atoms with Crippen LogP contribution in [0.5, 0.6) is 5.75 Å². The first kappa shape index (κ1) is 21.7. The normalized spacial score (nSPS) is 21.7. The van der Waals surface area contributed by atoms with Crippen LogP contribution in [0.15, 0.2) is 88.2 Å². The van der Waals surface area contributed by atoms with Crippen molar-refractivity contribution in [3.63, 3.8) is 0 Å². The first-order chi connectivity index (χ1) is 15.8. The van der Waals surface area contributed by atoms with Crippen molar-refractivity contribution in [3.8, 4) is 5.75 Å². The number of esters is 1. The lowest BCUT2D eigenvalue weighted by atomic mass is 9.91. The van der Waals surface area contributed by atoms with Crippen molar-refractivity contribution in [2.24, 2.45) is 0 Å². The number of benzene rings is 3. The highest BCUT2D eigenvalue weighted by molar-refractivity contribution is 9.10. The number of rotatable bonds is 4. The van der Waals surface area contributed by atoms with Crippen molar-refractivity contribution in [2.75, 3.05) is 11.4 Å². The molecule has 5 rings (SSSR count). The second-order valence-electron chi connectivity index (χ2n) is 7.57. The van der Waals surface area contributed by atoms with Gasteiger partial charge in [-0.3, -0.25) is 0 Å². The number of hydrogen-bond donors (Lipinski definition) is 1. The van der Waals surface area contributed by atoms with Crippen LogP contribution in [0.25, 0.3) is 5.57 Å². The van der Waals surface area contributed by atoms with E-state index in [1.165, 1.54) is 19.3 Å². The van der Waals surface area contributed by atoms with E-state index >= 15 is 0 Å². The predicted octanol–water partition coefficient (Wildman–Crippen LogP) is 4.04. The van der Waals surface area contributed by atoms with Crippen molar-refractivity contribution in [1.82, 2.24) is 0 Å². The van der Waals surface area contributed by atoms with Gasteiger partial charge in [-0.25, -0.2) is 17.5 Å². The summed E-state index contributed by atoms with van der Waals surface area (Å²) in [6, 6.07) is 19.7. The zero-order chi connectivity index (χ0) is 23.4. The van der Waals surface area contributed by atoms with Crippen molar-refractivity contribution < 1.29 is 27.8 Å². The Hall–Kier alpha value is -3.14. The van der Waals surface area contributed by atoms with Gasteiger partial charge in [0.05, 0.1) is 12.8 Å². The summed E-state index contributed by atoms with van der Waals surface area (Å²) in [5, 5.41) is 11.5. The largest absolute Gasteiger partial charge is 0.497 e. The molecule has 0 bridgehead atoms. The monoisotopic (exact) mass is 527 g/mol. The van der Waals surface area contributed by atoms with Crippen LogP contribution < -0.4 is 9.04 Å². The highest BCUT2D eigenvalue weighted by Crippen LogP contribution is 2.57. The van der Waals surface area contributed by atoms with E-state index in [-0.39, 0.29) is 16.2 Å². The van der Waals surface area contributed by atoms with Crippen LogP contribution in [-0.4, -0.2) is 32.3 Å². The Morgan fingerprint density at radius 2 is 1.79 bits per heavy atom. The van der Waals surface area contributed by atoms with Crippen LogP contribution in [0.1, 0.15) is 17.2 Å². The Morgan fingerprint density at radius 1 is 1.06 bits per heavy atom. The number of para-hydroxylation sites is 1. The molecule has 2 aliphatic heterocycles. The van der Waals surface area contributed by atoms with E-state index in [0.29, 0.717) is 21.3 Å². The third-order valence-electron chi connectivity index (χ3n) is 5.76. The topological polar surface area (TPSA) is 93.1 Å². The van der Waals surface area contributed by atoms with Gasteiger partial charge in [0.25, 0.3) is 15.7 Å². The van der Waals surface area contributed by atoms with E-state index in [9.17, 15) is 18.3 Å². The van der Waals surface area contributed by atoms with Crippen LogP contribution in [0.4, 0.5) is 5.69 Å². The molecule has 3 aromatic carbocycles. The van der Waals surface area contributed by atoms with Crippen LogP contribution in [0.2, 0.25) is 0 Å². The molecule has 168 valence electrons. The number of carbonyl (C=O) groups is 1. The number of hydrogen-bond acceptors (Lipinski definition) is 6. The summed E-state index contributed by atoms with van der Waals surface area (Å²) in [5.74, 6) is -0.250. The van der Waals surface area contributed by atoms with Gasteiger partial charge in [0.15, 0.2) is 0 Å². The Balaban J connectivity index is 1.80. The summed E-state index contributed by atoms with van der Waals surface area (Å²) in [6.07, 6.45) is -0.248. The molecule has 0 saturated carbocycles.